The largest absolute Gasteiger partial charge is 0.418 e. The van der Waals surface area contributed by atoms with Crippen molar-refractivity contribution < 1.29 is 18.0 Å². The topological polar surface area (TPSA) is 44.7 Å². The van der Waals surface area contributed by atoms with Gasteiger partial charge in [0, 0.05) is 18.7 Å². The van der Waals surface area contributed by atoms with Crippen molar-refractivity contribution in [3.05, 3.63) is 59.7 Å². The van der Waals surface area contributed by atoms with E-state index in [2.05, 4.69) is 10.5 Å². The van der Waals surface area contributed by atoms with Gasteiger partial charge in [0.25, 0.3) is 0 Å². The first-order valence-electron chi connectivity index (χ1n) is 8.23. The van der Waals surface area contributed by atoms with Gasteiger partial charge >= 0.3 is 6.18 Å². The first kappa shape index (κ1) is 18.0. The number of rotatable bonds is 4. The number of nitrogens with one attached hydrogen (secondary N) is 1. The highest BCUT2D eigenvalue weighted by molar-refractivity contribution is 6.01. The molecule has 0 aliphatic carbocycles. The Kier molecular flexibility index (Phi) is 4.97. The van der Waals surface area contributed by atoms with Crippen LogP contribution in [0.5, 0.6) is 0 Å². The van der Waals surface area contributed by atoms with E-state index in [9.17, 15) is 18.0 Å². The SMILES string of the molecule is C/C(=N/Nc1ccccc1C(F)(F)F)c1cccc(N2CCCC2=O)c1. The quantitative estimate of drug-likeness (QED) is 0.635. The maximum Gasteiger partial charge on any atom is 0.418 e. The molecule has 0 bridgehead atoms. The lowest BCUT2D eigenvalue weighted by Crippen LogP contribution is -2.23. The molecule has 0 aromatic heterocycles. The van der Waals surface area contributed by atoms with Gasteiger partial charge in [0.2, 0.25) is 5.91 Å². The number of hydrogen-bond acceptors (Lipinski definition) is 3. The molecule has 7 heteroatoms. The number of halogens is 3. The summed E-state index contributed by atoms with van der Waals surface area (Å²) < 4.78 is 39.1. The Morgan fingerprint density at radius 2 is 1.92 bits per heavy atom. The highest BCUT2D eigenvalue weighted by Gasteiger charge is 2.33. The number of amides is 1. The number of hydrogen-bond donors (Lipinski definition) is 1. The summed E-state index contributed by atoms with van der Waals surface area (Å²) in [7, 11) is 0. The second kappa shape index (κ2) is 7.19. The van der Waals surface area contributed by atoms with E-state index < -0.39 is 11.7 Å². The molecule has 2 aromatic rings. The maximum atomic E-state index is 13.0. The van der Waals surface area contributed by atoms with Gasteiger partial charge in [-0.2, -0.15) is 18.3 Å². The fraction of sp³-hybridized carbons (Fsp3) is 0.263. The molecule has 26 heavy (non-hydrogen) atoms. The Bertz CT molecular complexity index is 846. The number of benzene rings is 2. The van der Waals surface area contributed by atoms with E-state index >= 15 is 0 Å². The van der Waals surface area contributed by atoms with E-state index in [1.54, 1.807) is 24.0 Å². The van der Waals surface area contributed by atoms with E-state index in [0.717, 1.165) is 23.7 Å². The predicted molar refractivity (Wildman–Crippen MR) is 95.3 cm³/mol. The van der Waals surface area contributed by atoms with E-state index in [1.807, 2.05) is 12.1 Å². The molecular formula is C19H18F3N3O. The smallest absolute Gasteiger partial charge is 0.312 e. The van der Waals surface area contributed by atoms with E-state index in [-0.39, 0.29) is 11.6 Å². The van der Waals surface area contributed by atoms with Gasteiger partial charge in [-0.1, -0.05) is 24.3 Å². The molecule has 1 heterocycles. The molecular weight excluding hydrogens is 343 g/mol. The molecule has 0 spiro atoms. The molecule has 0 radical (unpaired) electrons. The third-order valence-corrected chi connectivity index (χ3v) is 4.23. The van der Waals surface area contributed by atoms with Gasteiger partial charge < -0.3 is 4.90 Å². The van der Waals surface area contributed by atoms with Crippen LogP contribution in [-0.2, 0) is 11.0 Å². The lowest BCUT2D eigenvalue weighted by Gasteiger charge is -2.16. The number of carbonyl (C=O) groups is 1. The third-order valence-electron chi connectivity index (χ3n) is 4.23. The molecule has 3 rings (SSSR count). The molecule has 1 aliphatic heterocycles. The summed E-state index contributed by atoms with van der Waals surface area (Å²) in [6.45, 7) is 2.38. The maximum absolute atomic E-state index is 13.0. The third kappa shape index (κ3) is 3.87. The van der Waals surface area contributed by atoms with Gasteiger partial charge in [0.15, 0.2) is 0 Å². The predicted octanol–water partition coefficient (Wildman–Crippen LogP) is 4.67. The van der Waals surface area contributed by atoms with Gasteiger partial charge in [-0.3, -0.25) is 10.2 Å². The normalized spacial score (nSPS) is 15.5. The zero-order valence-corrected chi connectivity index (χ0v) is 14.2. The second-order valence-corrected chi connectivity index (χ2v) is 6.05. The van der Waals surface area contributed by atoms with Gasteiger partial charge in [0.1, 0.15) is 0 Å². The van der Waals surface area contributed by atoms with Gasteiger partial charge in [-0.25, -0.2) is 0 Å². The minimum Gasteiger partial charge on any atom is -0.312 e. The van der Waals surface area contributed by atoms with Crippen molar-refractivity contribution in [1.29, 1.82) is 0 Å². The van der Waals surface area contributed by atoms with Crippen LogP contribution in [0.2, 0.25) is 0 Å². The van der Waals surface area contributed by atoms with Crippen molar-refractivity contribution in [2.45, 2.75) is 25.9 Å². The molecule has 136 valence electrons. The fourth-order valence-electron chi connectivity index (χ4n) is 2.86. The summed E-state index contributed by atoms with van der Waals surface area (Å²) >= 11 is 0. The monoisotopic (exact) mass is 361 g/mol. The number of carbonyl (C=O) groups excluding carboxylic acids is 1. The Morgan fingerprint density at radius 3 is 2.62 bits per heavy atom. The van der Waals surface area contributed by atoms with Gasteiger partial charge in [-0.05, 0) is 43.2 Å². The van der Waals surface area contributed by atoms with E-state index in [4.69, 9.17) is 0 Å². The van der Waals surface area contributed by atoms with E-state index in [0.29, 0.717) is 18.7 Å². The molecule has 0 atom stereocenters. The lowest BCUT2D eigenvalue weighted by molar-refractivity contribution is -0.137. The lowest BCUT2D eigenvalue weighted by atomic mass is 10.1. The molecule has 4 nitrogen and oxygen atoms in total. The van der Waals surface area contributed by atoms with Crippen LogP contribution in [0.4, 0.5) is 24.5 Å². The zero-order valence-electron chi connectivity index (χ0n) is 14.2. The summed E-state index contributed by atoms with van der Waals surface area (Å²) in [6, 6.07) is 12.5. The van der Waals surface area contributed by atoms with Crippen molar-refractivity contribution in [2.75, 3.05) is 16.9 Å². The van der Waals surface area contributed by atoms with Gasteiger partial charge in [0.05, 0.1) is 17.0 Å². The Morgan fingerprint density at radius 1 is 1.15 bits per heavy atom. The Labute approximate surface area is 149 Å². The van der Waals surface area contributed by atoms with Crippen molar-refractivity contribution in [3.8, 4) is 0 Å². The van der Waals surface area contributed by atoms with Crippen LogP contribution >= 0.6 is 0 Å². The second-order valence-electron chi connectivity index (χ2n) is 6.05. The Hall–Kier alpha value is -2.83. The van der Waals surface area contributed by atoms with Crippen molar-refractivity contribution in [1.82, 2.24) is 0 Å². The number of alkyl halides is 3. The number of anilines is 2. The minimum atomic E-state index is -4.46. The van der Waals surface area contributed by atoms with Crippen LogP contribution in [-0.4, -0.2) is 18.2 Å². The van der Waals surface area contributed by atoms with Gasteiger partial charge in [-0.15, -0.1) is 0 Å². The zero-order chi connectivity index (χ0) is 18.7. The van der Waals surface area contributed by atoms with E-state index in [1.165, 1.54) is 18.2 Å². The van der Waals surface area contributed by atoms with Crippen LogP contribution in [0.1, 0.15) is 30.9 Å². The van der Waals surface area contributed by atoms with Crippen LogP contribution in [0.3, 0.4) is 0 Å². The first-order valence-corrected chi connectivity index (χ1v) is 8.23. The van der Waals surface area contributed by atoms with Crippen LogP contribution < -0.4 is 10.3 Å². The van der Waals surface area contributed by atoms with Crippen LogP contribution in [0, 0.1) is 0 Å². The first-order chi connectivity index (χ1) is 12.4. The summed E-state index contributed by atoms with van der Waals surface area (Å²) in [5.41, 5.74) is 3.66. The fourth-order valence-corrected chi connectivity index (χ4v) is 2.86. The van der Waals surface area contributed by atoms with Crippen molar-refractivity contribution in [3.63, 3.8) is 0 Å². The molecule has 1 amide bonds. The summed E-state index contributed by atoms with van der Waals surface area (Å²) in [5.74, 6) is 0.0778. The van der Waals surface area contributed by atoms with Crippen LogP contribution in [0.15, 0.2) is 53.6 Å². The number of para-hydroxylation sites is 1. The molecule has 1 saturated heterocycles. The van der Waals surface area contributed by atoms with Crippen LogP contribution in [0.25, 0.3) is 0 Å². The molecule has 1 N–H and O–H groups in total. The Balaban J connectivity index is 1.82. The number of hydrazone groups is 1. The molecule has 0 saturated carbocycles. The average Bonchev–Trinajstić information content (AvgIpc) is 3.05. The molecule has 2 aromatic carbocycles. The minimum absolute atomic E-state index is 0.0778. The summed E-state index contributed by atoms with van der Waals surface area (Å²) in [6.07, 6.45) is -3.10. The van der Waals surface area contributed by atoms with Crippen molar-refractivity contribution in [2.24, 2.45) is 5.10 Å². The van der Waals surface area contributed by atoms with Crippen molar-refractivity contribution >= 4 is 23.0 Å². The average molecular weight is 361 g/mol. The highest BCUT2D eigenvalue weighted by atomic mass is 19.4. The molecule has 0 unspecified atom stereocenters. The standard InChI is InChI=1S/C19H18F3N3O/c1-13(23-24-17-9-3-2-8-16(17)19(20,21)22)14-6-4-7-15(12-14)25-11-5-10-18(25)26/h2-4,6-9,12,24H,5,10-11H2,1H3/b23-13-. The molecule has 1 fully saturated rings. The highest BCUT2D eigenvalue weighted by Crippen LogP contribution is 2.34. The molecule has 1 aliphatic rings. The number of nitrogens with zero attached hydrogens (tertiary/aromatic N) is 2. The summed E-state index contributed by atoms with van der Waals surface area (Å²) in [4.78, 5) is 13.6. The summed E-state index contributed by atoms with van der Waals surface area (Å²) in [5, 5.41) is 4.09.